The van der Waals surface area contributed by atoms with Gasteiger partial charge >= 0.3 is 0 Å². The van der Waals surface area contributed by atoms with Gasteiger partial charge in [-0.2, -0.15) is 0 Å². The van der Waals surface area contributed by atoms with E-state index in [4.69, 9.17) is 0 Å². The summed E-state index contributed by atoms with van der Waals surface area (Å²) >= 11 is 0. The van der Waals surface area contributed by atoms with Crippen LogP contribution < -0.4 is 0 Å². The second-order valence-electron chi connectivity index (χ2n) is 10.6. The van der Waals surface area contributed by atoms with E-state index in [1.54, 1.807) is 0 Å². The van der Waals surface area contributed by atoms with E-state index in [0.29, 0.717) is 0 Å². The van der Waals surface area contributed by atoms with E-state index in [1.807, 2.05) is 0 Å². The maximum Gasteiger partial charge on any atom is -0.00218 e. The van der Waals surface area contributed by atoms with Crippen LogP contribution in [0.2, 0.25) is 0 Å². The van der Waals surface area contributed by atoms with Gasteiger partial charge in [0, 0.05) is 0 Å². The molecule has 0 amide bonds. The third-order valence-corrected chi connectivity index (χ3v) is 7.26. The van der Waals surface area contributed by atoms with Gasteiger partial charge < -0.3 is 4.90 Å². The standard InChI is InChI=1S/3C7H14.C6H13N/c4*1-7-5-3-2-4-6-7/h3*7H,2-6H2,1H3;2-6H2,1H3. The maximum atomic E-state index is 2.39. The SMILES string of the molecule is CC1CCCCC1.CC1CCCCC1.CC1CCCCC1.CN1CCCCC1. The van der Waals surface area contributed by atoms with E-state index in [0.717, 1.165) is 17.8 Å². The number of piperidine rings is 1. The Morgan fingerprint density at radius 2 is 0.643 bits per heavy atom. The molecule has 168 valence electrons. The van der Waals surface area contributed by atoms with Crippen molar-refractivity contribution in [3.05, 3.63) is 0 Å². The quantitative estimate of drug-likeness (QED) is 0.397. The smallest absolute Gasteiger partial charge is 0.00218 e. The number of rotatable bonds is 0. The molecule has 0 atom stereocenters. The zero-order valence-electron chi connectivity index (χ0n) is 20.3. The Kier molecular flexibility index (Phi) is 16.5. The molecule has 0 bridgehead atoms. The minimum absolute atomic E-state index is 1.04. The van der Waals surface area contributed by atoms with E-state index in [2.05, 4.69) is 32.7 Å². The molecule has 3 aliphatic carbocycles. The van der Waals surface area contributed by atoms with Gasteiger partial charge in [0.1, 0.15) is 0 Å². The van der Waals surface area contributed by atoms with Crippen molar-refractivity contribution in [3.8, 4) is 0 Å². The molecule has 4 fully saturated rings. The largest absolute Gasteiger partial charge is 0.306 e. The average molecular weight is 394 g/mol. The van der Waals surface area contributed by atoms with Crippen LogP contribution in [0.15, 0.2) is 0 Å². The molecule has 4 rings (SSSR count). The summed E-state index contributed by atoms with van der Waals surface area (Å²) in [5.74, 6) is 3.11. The van der Waals surface area contributed by atoms with Crippen molar-refractivity contribution in [1.82, 2.24) is 4.90 Å². The summed E-state index contributed by atoms with van der Waals surface area (Å²) < 4.78 is 0. The second kappa shape index (κ2) is 17.8. The first-order valence-electron chi connectivity index (χ1n) is 13.3. The molecule has 1 aliphatic heterocycles. The minimum Gasteiger partial charge on any atom is -0.306 e. The highest BCUT2D eigenvalue weighted by Crippen LogP contribution is 2.23. The van der Waals surface area contributed by atoms with Crippen molar-refractivity contribution in [1.29, 1.82) is 0 Å². The van der Waals surface area contributed by atoms with Gasteiger partial charge in [-0.1, -0.05) is 124 Å². The lowest BCUT2D eigenvalue weighted by Crippen LogP contribution is -2.24. The predicted octanol–water partition coefficient (Wildman–Crippen LogP) is 8.86. The lowest BCUT2D eigenvalue weighted by molar-refractivity contribution is 0.277. The summed E-state index contributed by atoms with van der Waals surface area (Å²) in [6, 6.07) is 0. The lowest BCUT2D eigenvalue weighted by Gasteiger charge is -2.20. The Balaban J connectivity index is 0.000000187. The van der Waals surface area contributed by atoms with Crippen LogP contribution in [0.1, 0.15) is 136 Å². The van der Waals surface area contributed by atoms with Gasteiger partial charge in [-0.3, -0.25) is 0 Å². The van der Waals surface area contributed by atoms with Gasteiger partial charge in [-0.15, -0.1) is 0 Å². The van der Waals surface area contributed by atoms with Crippen LogP contribution in [0, 0.1) is 17.8 Å². The normalized spacial score (nSPS) is 25.3. The minimum atomic E-state index is 1.04. The fraction of sp³-hybridized carbons (Fsp3) is 1.00. The Hall–Kier alpha value is -0.0400. The summed E-state index contributed by atoms with van der Waals surface area (Å²) in [6.45, 7) is 9.72. The Bertz CT molecular complexity index is 238. The molecule has 28 heavy (non-hydrogen) atoms. The van der Waals surface area contributed by atoms with E-state index >= 15 is 0 Å². The molecule has 0 radical (unpaired) electrons. The average Bonchev–Trinajstić information content (AvgIpc) is 2.72. The lowest BCUT2D eigenvalue weighted by atomic mass is 9.91. The summed E-state index contributed by atoms with van der Waals surface area (Å²) in [6.07, 6.45) is 26.6. The summed E-state index contributed by atoms with van der Waals surface area (Å²) in [5.41, 5.74) is 0. The van der Waals surface area contributed by atoms with Crippen LogP contribution in [0.4, 0.5) is 0 Å². The van der Waals surface area contributed by atoms with Crippen molar-refractivity contribution in [3.63, 3.8) is 0 Å². The molecule has 0 aromatic carbocycles. The first-order valence-corrected chi connectivity index (χ1v) is 13.3. The van der Waals surface area contributed by atoms with Gasteiger partial charge in [0.2, 0.25) is 0 Å². The molecule has 3 saturated carbocycles. The molecule has 0 spiro atoms. The number of nitrogens with zero attached hydrogens (tertiary/aromatic N) is 1. The second-order valence-corrected chi connectivity index (χ2v) is 10.6. The molecule has 1 saturated heterocycles. The van der Waals surface area contributed by atoms with Crippen LogP contribution in [-0.2, 0) is 0 Å². The van der Waals surface area contributed by atoms with Gasteiger partial charge in [0.05, 0.1) is 0 Å². The molecule has 1 heterocycles. The van der Waals surface area contributed by atoms with Crippen LogP contribution in [0.25, 0.3) is 0 Å². The van der Waals surface area contributed by atoms with Crippen LogP contribution in [-0.4, -0.2) is 25.0 Å². The molecule has 0 N–H and O–H groups in total. The summed E-state index contributed by atoms with van der Waals surface area (Å²) in [7, 11) is 2.19. The van der Waals surface area contributed by atoms with Gasteiger partial charge in [-0.05, 0) is 50.7 Å². The van der Waals surface area contributed by atoms with E-state index in [1.165, 1.54) is 129 Å². The maximum absolute atomic E-state index is 2.39. The van der Waals surface area contributed by atoms with Crippen molar-refractivity contribution >= 4 is 0 Å². The van der Waals surface area contributed by atoms with Crippen LogP contribution in [0.3, 0.4) is 0 Å². The Labute approximate surface area is 179 Å². The molecule has 1 heteroatoms. The Morgan fingerprint density at radius 3 is 0.786 bits per heavy atom. The van der Waals surface area contributed by atoms with E-state index < -0.39 is 0 Å². The molecule has 0 aromatic heterocycles. The molecule has 0 unspecified atom stereocenters. The zero-order valence-corrected chi connectivity index (χ0v) is 20.3. The van der Waals surface area contributed by atoms with Crippen molar-refractivity contribution in [2.45, 2.75) is 136 Å². The molecular formula is C27H55N. The van der Waals surface area contributed by atoms with Crippen LogP contribution in [0.5, 0.6) is 0 Å². The fourth-order valence-electron chi connectivity index (χ4n) is 4.97. The first kappa shape index (κ1) is 26.0. The third-order valence-electron chi connectivity index (χ3n) is 7.26. The highest BCUT2D eigenvalue weighted by molar-refractivity contribution is 4.61. The summed E-state index contributed by atoms with van der Waals surface area (Å²) in [5, 5.41) is 0. The van der Waals surface area contributed by atoms with Gasteiger partial charge in [0.15, 0.2) is 0 Å². The monoisotopic (exact) mass is 393 g/mol. The molecule has 4 aliphatic rings. The summed E-state index contributed by atoms with van der Waals surface area (Å²) in [4.78, 5) is 2.39. The number of hydrogen-bond donors (Lipinski definition) is 0. The number of hydrogen-bond acceptors (Lipinski definition) is 1. The van der Waals surface area contributed by atoms with Crippen LogP contribution >= 0.6 is 0 Å². The van der Waals surface area contributed by atoms with E-state index in [-0.39, 0.29) is 0 Å². The fourth-order valence-corrected chi connectivity index (χ4v) is 4.97. The third kappa shape index (κ3) is 15.8. The highest BCUT2D eigenvalue weighted by Gasteiger charge is 2.07. The zero-order chi connectivity index (χ0) is 20.5. The van der Waals surface area contributed by atoms with Crippen molar-refractivity contribution in [2.24, 2.45) is 17.8 Å². The molecule has 0 aromatic rings. The highest BCUT2D eigenvalue weighted by atomic mass is 15.1. The number of likely N-dealkylation sites (tertiary alicyclic amines) is 1. The van der Waals surface area contributed by atoms with Gasteiger partial charge in [-0.25, -0.2) is 0 Å². The van der Waals surface area contributed by atoms with E-state index in [9.17, 15) is 0 Å². The van der Waals surface area contributed by atoms with Gasteiger partial charge in [0.25, 0.3) is 0 Å². The Morgan fingerprint density at radius 1 is 0.393 bits per heavy atom. The first-order chi connectivity index (χ1) is 13.6. The van der Waals surface area contributed by atoms with Crippen molar-refractivity contribution in [2.75, 3.05) is 20.1 Å². The topological polar surface area (TPSA) is 3.24 Å². The predicted molar refractivity (Wildman–Crippen MR) is 128 cm³/mol. The molecular weight excluding hydrogens is 338 g/mol. The van der Waals surface area contributed by atoms with Crippen molar-refractivity contribution < 1.29 is 0 Å². The molecule has 1 nitrogen and oxygen atoms in total.